The molecular formula is C15H20N2O3. The normalized spacial score (nSPS) is 21.4. The van der Waals surface area contributed by atoms with Gasteiger partial charge in [-0.2, -0.15) is 0 Å². The Morgan fingerprint density at radius 2 is 2.00 bits per heavy atom. The van der Waals surface area contributed by atoms with Crippen molar-refractivity contribution in [2.75, 3.05) is 29.7 Å². The van der Waals surface area contributed by atoms with Gasteiger partial charge in [-0.05, 0) is 32.9 Å². The van der Waals surface area contributed by atoms with Gasteiger partial charge in [-0.15, -0.1) is 0 Å². The summed E-state index contributed by atoms with van der Waals surface area (Å²) in [7, 11) is 0. The fourth-order valence-electron chi connectivity index (χ4n) is 2.63. The second-order valence-corrected chi connectivity index (χ2v) is 6.20. The zero-order valence-corrected chi connectivity index (χ0v) is 12.1. The molecule has 1 atom stereocenters. The number of fused-ring (bicyclic) bond motifs is 3. The van der Waals surface area contributed by atoms with Gasteiger partial charge in [0.15, 0.2) is 0 Å². The van der Waals surface area contributed by atoms with Crippen molar-refractivity contribution in [3.63, 3.8) is 0 Å². The largest absolute Gasteiger partial charge is 0.443 e. The maximum absolute atomic E-state index is 12.4. The number of hydrogen-bond donors (Lipinski definition) is 0. The Balaban J connectivity index is 1.93. The zero-order chi connectivity index (χ0) is 14.3. The summed E-state index contributed by atoms with van der Waals surface area (Å²) >= 11 is 0. The van der Waals surface area contributed by atoms with E-state index >= 15 is 0 Å². The molecule has 0 N–H and O–H groups in total. The molecule has 1 unspecified atom stereocenters. The van der Waals surface area contributed by atoms with E-state index in [4.69, 9.17) is 9.47 Å². The second-order valence-electron chi connectivity index (χ2n) is 6.20. The molecule has 1 aromatic carbocycles. The van der Waals surface area contributed by atoms with E-state index in [9.17, 15) is 4.79 Å². The highest BCUT2D eigenvalue weighted by molar-refractivity contribution is 5.94. The number of nitrogens with zero attached hydrogens (tertiary/aromatic N) is 2. The Hall–Kier alpha value is -1.75. The first-order valence-electron chi connectivity index (χ1n) is 6.90. The van der Waals surface area contributed by atoms with Gasteiger partial charge in [-0.3, -0.25) is 4.90 Å². The molecule has 1 saturated heterocycles. The number of ether oxygens (including phenoxy) is 2. The molecule has 1 fully saturated rings. The Morgan fingerprint density at radius 3 is 2.70 bits per heavy atom. The second kappa shape index (κ2) is 4.66. The van der Waals surface area contributed by atoms with Gasteiger partial charge >= 0.3 is 6.09 Å². The molecule has 0 saturated carbocycles. The van der Waals surface area contributed by atoms with Crippen LogP contribution in [0, 0.1) is 0 Å². The smallest absolute Gasteiger partial charge is 0.414 e. The van der Waals surface area contributed by atoms with E-state index in [1.165, 1.54) is 0 Å². The molecule has 0 bridgehead atoms. The van der Waals surface area contributed by atoms with E-state index in [0.29, 0.717) is 19.9 Å². The van der Waals surface area contributed by atoms with Crippen LogP contribution in [0.5, 0.6) is 0 Å². The topological polar surface area (TPSA) is 42.0 Å². The van der Waals surface area contributed by atoms with E-state index in [1.54, 1.807) is 4.90 Å². The van der Waals surface area contributed by atoms with Crippen molar-refractivity contribution in [1.29, 1.82) is 0 Å². The fourth-order valence-corrected chi connectivity index (χ4v) is 2.63. The van der Waals surface area contributed by atoms with Crippen LogP contribution < -0.4 is 9.80 Å². The van der Waals surface area contributed by atoms with Gasteiger partial charge in [0.05, 0.1) is 30.6 Å². The summed E-state index contributed by atoms with van der Waals surface area (Å²) < 4.78 is 11.0. The average molecular weight is 276 g/mol. The van der Waals surface area contributed by atoms with Crippen LogP contribution in [0.2, 0.25) is 0 Å². The number of anilines is 2. The Labute approximate surface area is 119 Å². The maximum Gasteiger partial charge on any atom is 0.414 e. The highest BCUT2D eigenvalue weighted by Crippen LogP contribution is 2.37. The molecule has 2 aliphatic rings. The number of carbonyl (C=O) groups is 1. The van der Waals surface area contributed by atoms with Crippen LogP contribution in [0.1, 0.15) is 20.8 Å². The lowest BCUT2D eigenvalue weighted by molar-refractivity contribution is 0.0576. The number of rotatable bonds is 0. The minimum atomic E-state index is -0.491. The van der Waals surface area contributed by atoms with Gasteiger partial charge in [0.2, 0.25) is 0 Å². The summed E-state index contributed by atoms with van der Waals surface area (Å²) in [5, 5.41) is 0. The van der Waals surface area contributed by atoms with Crippen molar-refractivity contribution in [2.45, 2.75) is 32.4 Å². The van der Waals surface area contributed by atoms with Gasteiger partial charge in [-0.1, -0.05) is 12.1 Å². The van der Waals surface area contributed by atoms with Crippen molar-refractivity contribution in [3.8, 4) is 0 Å². The third kappa shape index (κ3) is 2.33. The van der Waals surface area contributed by atoms with Crippen LogP contribution in [0.3, 0.4) is 0 Å². The lowest BCUT2D eigenvalue weighted by Crippen LogP contribution is -2.50. The Bertz CT molecular complexity index is 524. The Morgan fingerprint density at radius 1 is 1.30 bits per heavy atom. The number of benzene rings is 1. The number of hydrogen-bond acceptors (Lipinski definition) is 4. The minimum absolute atomic E-state index is 0.206. The first-order valence-corrected chi connectivity index (χ1v) is 6.90. The zero-order valence-electron chi connectivity index (χ0n) is 12.1. The standard InChI is InChI=1S/C15H20N2O3/c1-15(2,3)20-14(18)16-8-11-9-19-10-17(11)13-7-5-4-6-12(13)16/h4-7,11H,8-10H2,1-3H3. The van der Waals surface area contributed by atoms with Crippen LogP contribution in [-0.4, -0.2) is 37.6 Å². The van der Waals surface area contributed by atoms with Crippen LogP contribution in [0.15, 0.2) is 24.3 Å². The molecule has 108 valence electrons. The quantitative estimate of drug-likeness (QED) is 0.730. The van der Waals surface area contributed by atoms with Gasteiger partial charge in [0.1, 0.15) is 12.3 Å². The van der Waals surface area contributed by atoms with E-state index in [-0.39, 0.29) is 12.1 Å². The molecule has 3 rings (SSSR count). The predicted molar refractivity (Wildman–Crippen MR) is 77.1 cm³/mol. The van der Waals surface area contributed by atoms with Crippen molar-refractivity contribution in [1.82, 2.24) is 0 Å². The molecule has 0 spiro atoms. The molecule has 0 radical (unpaired) electrons. The number of para-hydroxylation sites is 2. The van der Waals surface area contributed by atoms with Gasteiger partial charge < -0.3 is 14.4 Å². The van der Waals surface area contributed by atoms with Crippen LogP contribution in [0.4, 0.5) is 16.2 Å². The fraction of sp³-hybridized carbons (Fsp3) is 0.533. The molecule has 1 aromatic rings. The van der Waals surface area contributed by atoms with E-state index in [1.807, 2.05) is 45.0 Å². The molecule has 2 heterocycles. The monoisotopic (exact) mass is 276 g/mol. The number of amides is 1. The van der Waals surface area contributed by atoms with E-state index < -0.39 is 5.60 Å². The predicted octanol–water partition coefficient (Wildman–Crippen LogP) is 2.60. The summed E-state index contributed by atoms with van der Waals surface area (Å²) in [4.78, 5) is 16.3. The van der Waals surface area contributed by atoms with Crippen LogP contribution in [-0.2, 0) is 9.47 Å². The van der Waals surface area contributed by atoms with Crippen LogP contribution in [0.25, 0.3) is 0 Å². The highest BCUT2D eigenvalue weighted by atomic mass is 16.6. The van der Waals surface area contributed by atoms with Crippen molar-refractivity contribution in [3.05, 3.63) is 24.3 Å². The minimum Gasteiger partial charge on any atom is -0.443 e. The van der Waals surface area contributed by atoms with E-state index in [0.717, 1.165) is 11.4 Å². The first kappa shape index (κ1) is 13.2. The molecule has 5 nitrogen and oxygen atoms in total. The van der Waals surface area contributed by atoms with Gasteiger partial charge in [0, 0.05) is 0 Å². The van der Waals surface area contributed by atoms with Crippen molar-refractivity contribution >= 4 is 17.5 Å². The lowest BCUT2D eigenvalue weighted by Gasteiger charge is -2.39. The Kier molecular flexibility index (Phi) is 3.09. The summed E-state index contributed by atoms with van der Waals surface area (Å²) in [5.41, 5.74) is 1.44. The summed E-state index contributed by atoms with van der Waals surface area (Å²) in [6.45, 7) is 7.48. The molecule has 1 amide bonds. The van der Waals surface area contributed by atoms with Crippen molar-refractivity contribution < 1.29 is 14.3 Å². The van der Waals surface area contributed by atoms with Crippen molar-refractivity contribution in [2.24, 2.45) is 0 Å². The third-order valence-corrected chi connectivity index (χ3v) is 3.47. The third-order valence-electron chi connectivity index (χ3n) is 3.47. The number of carbonyl (C=O) groups excluding carboxylic acids is 1. The maximum atomic E-state index is 12.4. The first-order chi connectivity index (χ1) is 9.46. The molecule has 20 heavy (non-hydrogen) atoms. The SMILES string of the molecule is CC(C)(C)OC(=O)N1CC2COCN2c2ccccc21. The molecule has 2 aliphatic heterocycles. The van der Waals surface area contributed by atoms with E-state index in [2.05, 4.69) is 4.90 Å². The highest BCUT2D eigenvalue weighted by Gasteiger charge is 2.38. The summed E-state index contributed by atoms with van der Waals surface area (Å²) in [5.74, 6) is 0. The molecule has 0 aliphatic carbocycles. The molecule has 5 heteroatoms. The average Bonchev–Trinajstić information content (AvgIpc) is 2.84. The summed E-state index contributed by atoms with van der Waals surface area (Å²) in [6, 6.07) is 8.10. The van der Waals surface area contributed by atoms with Gasteiger partial charge in [-0.25, -0.2) is 4.79 Å². The van der Waals surface area contributed by atoms with Gasteiger partial charge in [0.25, 0.3) is 0 Å². The summed E-state index contributed by atoms with van der Waals surface area (Å²) in [6.07, 6.45) is -0.295. The molecule has 0 aromatic heterocycles. The van der Waals surface area contributed by atoms with Crippen LogP contribution >= 0.6 is 0 Å². The molecular weight excluding hydrogens is 256 g/mol. The lowest BCUT2D eigenvalue weighted by atomic mass is 10.1.